The summed E-state index contributed by atoms with van der Waals surface area (Å²) in [5.74, 6) is -0.401. The Kier molecular flexibility index (Phi) is 20.8. The molecule has 0 atom stereocenters. The van der Waals surface area contributed by atoms with Crippen LogP contribution in [0.25, 0.3) is 55.6 Å². The zero-order valence-corrected chi connectivity index (χ0v) is 51.0. The molecule has 0 spiro atoms. The van der Waals surface area contributed by atoms with Crippen LogP contribution < -0.4 is 19.6 Å². The summed E-state index contributed by atoms with van der Waals surface area (Å²) in [6.45, 7) is 2.11. The summed E-state index contributed by atoms with van der Waals surface area (Å²) in [7, 11) is 8.10. The summed E-state index contributed by atoms with van der Waals surface area (Å²) in [4.78, 5) is 8.40. The third-order valence-electron chi connectivity index (χ3n) is 15.6. The predicted molar refractivity (Wildman–Crippen MR) is 376 cm³/mol. The molecule has 0 aliphatic carbocycles. The van der Waals surface area contributed by atoms with Crippen molar-refractivity contribution in [3.05, 3.63) is 363 Å². The Labute approximate surface area is 524 Å². The molecule has 4 nitrogen and oxygen atoms in total. The topological polar surface area (TPSA) is 13.0 Å². The molecule has 0 N–H and O–H groups in total. The van der Waals surface area contributed by atoms with Crippen molar-refractivity contribution >= 4 is 45.5 Å². The molecule has 0 amide bonds. The standard InChI is InChI=1S/C25H21N.C20H19N.2C19H16FN/c1-26(23-15-9-4-10-16-23)25-18-17-22(20-11-5-2-6-12-20)19-24(25)21-13-7-3-8-14-21;1-16-12-14-18(15-13-16)21(2)20-11-7-6-10-19(20)17-8-4-3-5-9-17;1-21(16-11-6-3-7-12-16)18-14-8-13-17(19(18)20)15-9-4-2-5-10-15;1-21(16-10-6-3-7-11-16)17-12-13-19(20)18(14-17)15-8-4-2-5-9-15/h2-19H,1H3;3-15H,1-2H3;2*2-14H,1H3. The average molecular weight is 1160 g/mol. The number of halogens is 2. The molecule has 13 aromatic carbocycles. The summed E-state index contributed by atoms with van der Waals surface area (Å²) >= 11 is 0. The lowest BCUT2D eigenvalue weighted by Gasteiger charge is -2.23. The molecule has 0 unspecified atom stereocenters. The molecule has 0 radical (unpaired) electrons. The Morgan fingerprint density at radius 3 is 1.04 bits per heavy atom. The first-order valence-corrected chi connectivity index (χ1v) is 29.9. The molecule has 0 heterocycles. The van der Waals surface area contributed by atoms with Crippen molar-refractivity contribution in [2.75, 3.05) is 47.8 Å². The summed E-state index contributed by atoms with van der Waals surface area (Å²) in [5, 5.41) is 0. The van der Waals surface area contributed by atoms with Gasteiger partial charge in [0, 0.05) is 90.3 Å². The van der Waals surface area contributed by atoms with Gasteiger partial charge in [-0.1, -0.05) is 260 Å². The van der Waals surface area contributed by atoms with Crippen LogP contribution in [-0.2, 0) is 0 Å². The van der Waals surface area contributed by atoms with E-state index in [2.05, 4.69) is 213 Å². The fraction of sp³-hybridized carbons (Fsp3) is 0.0602. The highest BCUT2D eigenvalue weighted by atomic mass is 19.1. The number of benzene rings is 13. The van der Waals surface area contributed by atoms with Gasteiger partial charge in [0.25, 0.3) is 0 Å². The quantitative estimate of drug-likeness (QED) is 0.114. The lowest BCUT2D eigenvalue weighted by Crippen LogP contribution is -2.11. The SMILES string of the molecule is CN(c1ccccc1)c1ccc(-c2ccccc2)cc1-c1ccccc1.CN(c1ccccc1)c1ccc(F)c(-c2ccccc2)c1.CN(c1ccccc1)c1cccc(-c2ccccc2)c1F.Cc1ccc(N(C)c2ccccc2-c2ccccc2)cc1. The lowest BCUT2D eigenvalue weighted by molar-refractivity contribution is 0.631. The van der Waals surface area contributed by atoms with Crippen LogP contribution in [-0.4, -0.2) is 28.2 Å². The van der Waals surface area contributed by atoms with Crippen LogP contribution in [0, 0.1) is 18.6 Å². The molecule has 0 aliphatic rings. The first-order valence-electron chi connectivity index (χ1n) is 29.9. The van der Waals surface area contributed by atoms with E-state index in [1.807, 2.05) is 169 Å². The maximum atomic E-state index is 14.9. The second-order valence-electron chi connectivity index (χ2n) is 21.5. The van der Waals surface area contributed by atoms with E-state index in [9.17, 15) is 8.78 Å². The van der Waals surface area contributed by atoms with Gasteiger partial charge in [0.1, 0.15) is 5.82 Å². The highest BCUT2D eigenvalue weighted by Crippen LogP contribution is 2.39. The van der Waals surface area contributed by atoms with Crippen LogP contribution in [0.1, 0.15) is 5.56 Å². The number of anilines is 8. The molecule has 0 saturated carbocycles. The Bertz CT molecular complexity index is 4220. The van der Waals surface area contributed by atoms with Gasteiger partial charge < -0.3 is 19.6 Å². The Morgan fingerprint density at radius 2 is 0.551 bits per heavy atom. The minimum absolute atomic E-state index is 0.199. The van der Waals surface area contributed by atoms with Gasteiger partial charge in [0.15, 0.2) is 5.82 Å². The molecular weight excluding hydrogens is 1090 g/mol. The van der Waals surface area contributed by atoms with Crippen molar-refractivity contribution in [2.45, 2.75) is 6.92 Å². The van der Waals surface area contributed by atoms with E-state index in [-0.39, 0.29) is 11.6 Å². The van der Waals surface area contributed by atoms with Gasteiger partial charge in [0.05, 0.1) is 5.69 Å². The normalized spacial score (nSPS) is 10.4. The number of hydrogen-bond acceptors (Lipinski definition) is 4. The van der Waals surface area contributed by atoms with Gasteiger partial charge in [0.2, 0.25) is 0 Å². The van der Waals surface area contributed by atoms with Crippen molar-refractivity contribution in [1.82, 2.24) is 0 Å². The monoisotopic (exact) mass is 1160 g/mol. The van der Waals surface area contributed by atoms with Crippen molar-refractivity contribution in [1.29, 1.82) is 0 Å². The molecule has 0 fully saturated rings. The van der Waals surface area contributed by atoms with Gasteiger partial charge >= 0.3 is 0 Å². The predicted octanol–water partition coefficient (Wildman–Crippen LogP) is 22.7. The van der Waals surface area contributed by atoms with Crippen LogP contribution in [0.5, 0.6) is 0 Å². The van der Waals surface area contributed by atoms with Gasteiger partial charge in [-0.15, -0.1) is 0 Å². The molecular formula is C83H72F2N4. The van der Waals surface area contributed by atoms with E-state index in [4.69, 9.17) is 0 Å². The van der Waals surface area contributed by atoms with Crippen LogP contribution in [0.4, 0.5) is 54.3 Å². The zero-order valence-electron chi connectivity index (χ0n) is 51.0. The van der Waals surface area contributed by atoms with Crippen molar-refractivity contribution in [2.24, 2.45) is 0 Å². The molecule has 0 saturated heterocycles. The Hall–Kier alpha value is -11.1. The molecule has 13 aromatic rings. The van der Waals surface area contributed by atoms with E-state index in [0.717, 1.165) is 28.2 Å². The second kappa shape index (κ2) is 30.3. The summed E-state index contributed by atoms with van der Waals surface area (Å²) in [6, 6.07) is 116. The van der Waals surface area contributed by atoms with Gasteiger partial charge in [-0.3, -0.25) is 0 Å². The first-order chi connectivity index (χ1) is 43.6. The number of aryl methyl sites for hydroxylation is 1. The molecule has 0 aliphatic heterocycles. The van der Waals surface area contributed by atoms with Crippen LogP contribution >= 0.6 is 0 Å². The third-order valence-corrected chi connectivity index (χ3v) is 15.6. The van der Waals surface area contributed by atoms with E-state index in [0.29, 0.717) is 16.8 Å². The van der Waals surface area contributed by atoms with E-state index < -0.39 is 0 Å². The maximum absolute atomic E-state index is 14.9. The number of rotatable bonds is 13. The van der Waals surface area contributed by atoms with Gasteiger partial charge in [-0.25, -0.2) is 8.78 Å². The number of para-hydroxylation sites is 4. The fourth-order valence-corrected chi connectivity index (χ4v) is 10.6. The minimum Gasteiger partial charge on any atom is -0.345 e. The molecule has 0 aromatic heterocycles. The fourth-order valence-electron chi connectivity index (χ4n) is 10.6. The zero-order chi connectivity index (χ0) is 61.7. The van der Waals surface area contributed by atoms with Crippen molar-refractivity contribution in [3.63, 3.8) is 0 Å². The minimum atomic E-state index is -0.202. The first kappa shape index (κ1) is 61.0. The second-order valence-corrected chi connectivity index (χ2v) is 21.5. The van der Waals surface area contributed by atoms with Crippen molar-refractivity contribution in [3.8, 4) is 55.6 Å². The molecule has 6 heteroatoms. The van der Waals surface area contributed by atoms with Crippen molar-refractivity contribution < 1.29 is 8.78 Å². The summed E-state index contributed by atoms with van der Waals surface area (Å²) < 4.78 is 29.0. The Morgan fingerprint density at radius 1 is 0.213 bits per heavy atom. The molecule has 0 bridgehead atoms. The van der Waals surface area contributed by atoms with Crippen LogP contribution in [0.3, 0.4) is 0 Å². The maximum Gasteiger partial charge on any atom is 0.154 e. The highest BCUT2D eigenvalue weighted by Gasteiger charge is 2.16. The van der Waals surface area contributed by atoms with Gasteiger partial charge in [-0.2, -0.15) is 0 Å². The molecule has 89 heavy (non-hydrogen) atoms. The summed E-state index contributed by atoms with van der Waals surface area (Å²) in [6.07, 6.45) is 0. The number of nitrogens with zero attached hydrogens (tertiary/aromatic N) is 4. The Balaban J connectivity index is 0.000000131. The summed E-state index contributed by atoms with van der Waals surface area (Å²) in [5.41, 5.74) is 20.1. The van der Waals surface area contributed by atoms with Crippen LogP contribution in [0.15, 0.2) is 346 Å². The van der Waals surface area contributed by atoms with Gasteiger partial charge in [-0.05, 0) is 131 Å². The molecule has 438 valence electrons. The largest absolute Gasteiger partial charge is 0.345 e. The smallest absolute Gasteiger partial charge is 0.154 e. The van der Waals surface area contributed by atoms with E-state index in [1.54, 1.807) is 12.1 Å². The number of hydrogen-bond donors (Lipinski definition) is 0. The third kappa shape index (κ3) is 15.7. The lowest BCUT2D eigenvalue weighted by atomic mass is 9.96. The average Bonchev–Trinajstić information content (AvgIpc) is 1.48. The molecule has 13 rings (SSSR count). The van der Waals surface area contributed by atoms with E-state index >= 15 is 0 Å². The highest BCUT2D eigenvalue weighted by molar-refractivity contribution is 5.87. The van der Waals surface area contributed by atoms with E-state index in [1.165, 1.54) is 67.8 Å². The van der Waals surface area contributed by atoms with Crippen LogP contribution in [0.2, 0.25) is 0 Å².